The number of H-pyrrole nitrogens is 1. The zero-order valence-electron chi connectivity index (χ0n) is 19.3. The van der Waals surface area contributed by atoms with Gasteiger partial charge in [-0.25, -0.2) is 4.79 Å². The topological polar surface area (TPSA) is 110 Å². The molecule has 3 N–H and O–H groups in total. The van der Waals surface area contributed by atoms with E-state index in [0.29, 0.717) is 18.7 Å². The first-order chi connectivity index (χ1) is 15.8. The van der Waals surface area contributed by atoms with Gasteiger partial charge < -0.3 is 10.5 Å². The van der Waals surface area contributed by atoms with Crippen molar-refractivity contribution in [2.45, 2.75) is 46.2 Å². The Morgan fingerprint density at radius 2 is 1.85 bits per heavy atom. The Labute approximate surface area is 192 Å². The monoisotopic (exact) mass is 450 g/mol. The first-order valence-corrected chi connectivity index (χ1v) is 11.0. The molecule has 0 saturated carbocycles. The molecule has 33 heavy (non-hydrogen) atoms. The molecule has 0 saturated heterocycles. The molecule has 2 aromatic carbocycles. The van der Waals surface area contributed by atoms with E-state index in [0.717, 1.165) is 23.1 Å². The van der Waals surface area contributed by atoms with E-state index in [1.54, 1.807) is 7.11 Å². The van der Waals surface area contributed by atoms with Gasteiger partial charge in [0.1, 0.15) is 11.6 Å². The molecule has 0 aliphatic carbocycles. The maximum Gasteiger partial charge on any atom is 0.330 e. The Morgan fingerprint density at radius 1 is 1.12 bits per heavy atom. The van der Waals surface area contributed by atoms with Crippen molar-refractivity contribution in [1.82, 2.24) is 9.55 Å². The third-order valence-corrected chi connectivity index (χ3v) is 5.53. The smallest absolute Gasteiger partial charge is 0.330 e. The van der Waals surface area contributed by atoms with Crippen LogP contribution in [0.4, 0.5) is 11.5 Å². The molecule has 3 rings (SSSR count). The van der Waals surface area contributed by atoms with Gasteiger partial charge >= 0.3 is 5.69 Å². The molecule has 0 bridgehead atoms. The minimum Gasteiger partial charge on any atom is -0.496 e. The van der Waals surface area contributed by atoms with Crippen LogP contribution in [0.3, 0.4) is 0 Å². The van der Waals surface area contributed by atoms with Gasteiger partial charge in [0.05, 0.1) is 20.1 Å². The number of aromatic nitrogens is 2. The number of rotatable bonds is 9. The third kappa shape index (κ3) is 5.52. The second-order valence-electron chi connectivity index (χ2n) is 7.94. The number of methoxy groups -OCH3 is 1. The summed E-state index contributed by atoms with van der Waals surface area (Å²) in [6, 6.07) is 14.9. The van der Waals surface area contributed by atoms with Crippen LogP contribution in [0.1, 0.15) is 36.5 Å². The van der Waals surface area contributed by atoms with E-state index in [2.05, 4.69) is 4.98 Å². The lowest BCUT2D eigenvalue weighted by atomic mass is 10.1. The fraction of sp³-hybridized carbons (Fsp3) is 0.320. The zero-order valence-corrected chi connectivity index (χ0v) is 19.3. The minimum atomic E-state index is -0.684. The van der Waals surface area contributed by atoms with Gasteiger partial charge in [-0.3, -0.25) is 24.0 Å². The van der Waals surface area contributed by atoms with Crippen molar-refractivity contribution >= 4 is 17.4 Å². The first kappa shape index (κ1) is 23.8. The number of anilines is 2. The van der Waals surface area contributed by atoms with Crippen molar-refractivity contribution in [2.75, 3.05) is 17.7 Å². The van der Waals surface area contributed by atoms with Crippen LogP contribution in [0, 0.1) is 6.92 Å². The Bertz CT molecular complexity index is 1230. The molecule has 3 aromatic rings. The summed E-state index contributed by atoms with van der Waals surface area (Å²) >= 11 is 0. The SMILES string of the molecule is CCCCn1c(N)c(N(Cc2ccccc2)C(=O)Cc2ccc(C)c(OC)c2)c(=O)[nH]c1=O. The van der Waals surface area contributed by atoms with Gasteiger partial charge in [0, 0.05) is 6.54 Å². The molecule has 8 nitrogen and oxygen atoms in total. The number of hydrogen-bond donors (Lipinski definition) is 2. The van der Waals surface area contributed by atoms with Gasteiger partial charge in [-0.15, -0.1) is 0 Å². The Hall–Kier alpha value is -3.81. The number of carbonyl (C=O) groups is 1. The maximum atomic E-state index is 13.5. The van der Waals surface area contributed by atoms with Crippen LogP contribution in [-0.4, -0.2) is 22.6 Å². The average molecular weight is 451 g/mol. The number of nitrogens with two attached hydrogens (primary N) is 1. The van der Waals surface area contributed by atoms with E-state index < -0.39 is 11.2 Å². The molecule has 1 amide bonds. The highest BCUT2D eigenvalue weighted by Crippen LogP contribution is 2.23. The lowest BCUT2D eigenvalue weighted by molar-refractivity contribution is -0.118. The van der Waals surface area contributed by atoms with E-state index in [1.807, 2.05) is 62.4 Å². The summed E-state index contributed by atoms with van der Waals surface area (Å²) < 4.78 is 6.69. The van der Waals surface area contributed by atoms with Crippen LogP contribution < -0.4 is 26.6 Å². The van der Waals surface area contributed by atoms with Gasteiger partial charge in [-0.2, -0.15) is 0 Å². The van der Waals surface area contributed by atoms with Gasteiger partial charge in [0.2, 0.25) is 5.91 Å². The molecule has 0 unspecified atom stereocenters. The van der Waals surface area contributed by atoms with Crippen molar-refractivity contribution in [1.29, 1.82) is 0 Å². The lowest BCUT2D eigenvalue weighted by Gasteiger charge is -2.25. The van der Waals surface area contributed by atoms with Gasteiger partial charge in [-0.05, 0) is 36.1 Å². The van der Waals surface area contributed by atoms with Gasteiger partial charge in [0.15, 0.2) is 5.69 Å². The Balaban J connectivity index is 2.06. The fourth-order valence-corrected chi connectivity index (χ4v) is 3.68. The number of nitrogens with zero attached hydrogens (tertiary/aromatic N) is 2. The van der Waals surface area contributed by atoms with Crippen LogP contribution in [0.5, 0.6) is 5.75 Å². The maximum absolute atomic E-state index is 13.5. The quantitative estimate of drug-likeness (QED) is 0.521. The fourth-order valence-electron chi connectivity index (χ4n) is 3.68. The van der Waals surface area contributed by atoms with Crippen molar-refractivity contribution in [3.05, 3.63) is 86.1 Å². The van der Waals surface area contributed by atoms with Crippen LogP contribution in [0.15, 0.2) is 58.1 Å². The summed E-state index contributed by atoms with van der Waals surface area (Å²) in [4.78, 5) is 42.4. The minimum absolute atomic E-state index is 0.0111. The number of unbranched alkanes of at least 4 members (excludes halogenated alkanes) is 1. The molecule has 0 radical (unpaired) electrons. The van der Waals surface area contributed by atoms with Crippen LogP contribution in [0.25, 0.3) is 0 Å². The van der Waals surface area contributed by atoms with Crippen LogP contribution >= 0.6 is 0 Å². The predicted molar refractivity (Wildman–Crippen MR) is 130 cm³/mol. The second kappa shape index (κ2) is 10.7. The standard InChI is InChI=1S/C25H30N4O4/c1-4-5-13-28-23(26)22(24(31)27-25(28)32)29(16-18-9-7-6-8-10-18)21(30)15-19-12-11-17(2)20(14-19)33-3/h6-12,14H,4-5,13,15-16,26H2,1-3H3,(H,27,31,32). The third-order valence-electron chi connectivity index (χ3n) is 5.53. The first-order valence-electron chi connectivity index (χ1n) is 11.0. The number of aryl methyl sites for hydroxylation is 1. The summed E-state index contributed by atoms with van der Waals surface area (Å²) in [7, 11) is 1.58. The number of amides is 1. The van der Waals surface area contributed by atoms with Crippen molar-refractivity contribution in [2.24, 2.45) is 0 Å². The largest absolute Gasteiger partial charge is 0.496 e. The molecule has 1 heterocycles. The summed E-state index contributed by atoms with van der Waals surface area (Å²) in [5.74, 6) is 0.353. The number of carbonyl (C=O) groups excluding carboxylic acids is 1. The van der Waals surface area contributed by atoms with Crippen molar-refractivity contribution in [3.63, 3.8) is 0 Å². The second-order valence-corrected chi connectivity index (χ2v) is 7.94. The van der Waals surface area contributed by atoms with Crippen LogP contribution in [-0.2, 0) is 24.3 Å². The number of benzene rings is 2. The lowest BCUT2D eigenvalue weighted by Crippen LogP contribution is -2.41. The highest BCUT2D eigenvalue weighted by Gasteiger charge is 2.25. The molecule has 8 heteroatoms. The number of nitrogens with one attached hydrogen (secondary N) is 1. The highest BCUT2D eigenvalue weighted by atomic mass is 16.5. The summed E-state index contributed by atoms with van der Waals surface area (Å²) in [5, 5.41) is 0. The normalized spacial score (nSPS) is 10.8. The van der Waals surface area contributed by atoms with Gasteiger partial charge in [0.25, 0.3) is 5.56 Å². The molecular weight excluding hydrogens is 420 g/mol. The molecular formula is C25H30N4O4. The van der Waals surface area contributed by atoms with E-state index >= 15 is 0 Å². The van der Waals surface area contributed by atoms with Crippen LogP contribution in [0.2, 0.25) is 0 Å². The molecule has 0 fully saturated rings. The highest BCUT2D eigenvalue weighted by molar-refractivity contribution is 5.96. The molecule has 0 spiro atoms. The van der Waals surface area contributed by atoms with Gasteiger partial charge in [-0.1, -0.05) is 55.8 Å². The molecule has 0 atom stereocenters. The number of ether oxygens (including phenoxy) is 1. The molecule has 0 aliphatic rings. The van der Waals surface area contributed by atoms with E-state index in [1.165, 1.54) is 9.47 Å². The molecule has 1 aromatic heterocycles. The molecule has 174 valence electrons. The van der Waals surface area contributed by atoms with Crippen molar-refractivity contribution < 1.29 is 9.53 Å². The Kier molecular flexibility index (Phi) is 7.71. The zero-order chi connectivity index (χ0) is 24.0. The molecule has 0 aliphatic heterocycles. The predicted octanol–water partition coefficient (Wildman–Crippen LogP) is 3.01. The Morgan fingerprint density at radius 3 is 2.52 bits per heavy atom. The van der Waals surface area contributed by atoms with Crippen molar-refractivity contribution in [3.8, 4) is 5.75 Å². The number of aromatic amines is 1. The van der Waals surface area contributed by atoms with E-state index in [-0.39, 0.29) is 30.4 Å². The number of nitrogen functional groups attached to an aromatic ring is 1. The average Bonchev–Trinajstić information content (AvgIpc) is 2.80. The van der Waals surface area contributed by atoms with E-state index in [9.17, 15) is 14.4 Å². The summed E-state index contributed by atoms with van der Waals surface area (Å²) in [6.07, 6.45) is 1.60. The summed E-state index contributed by atoms with van der Waals surface area (Å²) in [6.45, 7) is 4.41. The summed E-state index contributed by atoms with van der Waals surface area (Å²) in [5.41, 5.74) is 7.56. The number of hydrogen-bond acceptors (Lipinski definition) is 5. The van der Waals surface area contributed by atoms with E-state index in [4.69, 9.17) is 10.5 Å².